The molecule has 3 nitrogen and oxygen atoms in total. The van der Waals surface area contributed by atoms with E-state index in [1.165, 1.54) is 11.1 Å². The van der Waals surface area contributed by atoms with Crippen molar-refractivity contribution in [1.82, 2.24) is 10.3 Å². The lowest BCUT2D eigenvalue weighted by Gasteiger charge is -2.17. The van der Waals surface area contributed by atoms with Crippen LogP contribution in [-0.4, -0.2) is 10.9 Å². The Labute approximate surface area is 127 Å². The molecule has 0 radical (unpaired) electrons. The standard InChI is InChI=1S/C16H17BrN2O/c1-10-6-7-13(11(2)9-10)12(3)19-16(20)15-14(17)5-4-8-18-15/h4-9,12H,1-3H3,(H,19,20). The third-order valence-electron chi connectivity index (χ3n) is 3.21. The molecule has 0 aliphatic heterocycles. The van der Waals surface area contributed by atoms with Crippen molar-refractivity contribution in [2.45, 2.75) is 26.8 Å². The molecular formula is C16H17BrN2O. The van der Waals surface area contributed by atoms with E-state index in [0.29, 0.717) is 10.2 Å². The molecule has 4 heteroatoms. The van der Waals surface area contributed by atoms with Crippen molar-refractivity contribution in [1.29, 1.82) is 0 Å². The number of halogens is 1. The summed E-state index contributed by atoms with van der Waals surface area (Å²) in [5.74, 6) is -0.176. The maximum absolute atomic E-state index is 12.2. The van der Waals surface area contributed by atoms with Crippen LogP contribution >= 0.6 is 15.9 Å². The van der Waals surface area contributed by atoms with Crippen molar-refractivity contribution in [2.24, 2.45) is 0 Å². The summed E-state index contributed by atoms with van der Waals surface area (Å²) in [5, 5.41) is 2.98. The van der Waals surface area contributed by atoms with Crippen LogP contribution in [0.2, 0.25) is 0 Å². The molecule has 1 aromatic heterocycles. The molecule has 1 atom stereocenters. The zero-order valence-corrected chi connectivity index (χ0v) is 13.4. The van der Waals surface area contributed by atoms with Crippen LogP contribution in [0.4, 0.5) is 0 Å². The Morgan fingerprint density at radius 1 is 1.30 bits per heavy atom. The molecular weight excluding hydrogens is 316 g/mol. The van der Waals surface area contributed by atoms with Crippen molar-refractivity contribution in [3.05, 3.63) is 63.4 Å². The van der Waals surface area contributed by atoms with Gasteiger partial charge in [0.15, 0.2) is 0 Å². The number of aromatic nitrogens is 1. The zero-order chi connectivity index (χ0) is 14.7. The minimum atomic E-state index is -0.176. The molecule has 0 fully saturated rings. The Hall–Kier alpha value is -1.68. The van der Waals surface area contributed by atoms with Gasteiger partial charge in [-0.3, -0.25) is 4.79 Å². The maximum Gasteiger partial charge on any atom is 0.271 e. The Kier molecular flexibility index (Phi) is 4.55. The first kappa shape index (κ1) is 14.7. The van der Waals surface area contributed by atoms with Gasteiger partial charge < -0.3 is 5.32 Å². The fraction of sp³-hybridized carbons (Fsp3) is 0.250. The topological polar surface area (TPSA) is 42.0 Å². The first-order valence-corrected chi connectivity index (χ1v) is 7.27. The highest BCUT2D eigenvalue weighted by atomic mass is 79.9. The smallest absolute Gasteiger partial charge is 0.271 e. The summed E-state index contributed by atoms with van der Waals surface area (Å²) in [4.78, 5) is 16.3. The molecule has 1 aromatic carbocycles. The van der Waals surface area contributed by atoms with Gasteiger partial charge in [-0.2, -0.15) is 0 Å². The molecule has 2 aromatic rings. The fourth-order valence-electron chi connectivity index (χ4n) is 2.21. The SMILES string of the molecule is Cc1ccc(C(C)NC(=O)c2ncccc2Br)c(C)c1. The summed E-state index contributed by atoms with van der Waals surface area (Å²) >= 11 is 3.34. The number of rotatable bonds is 3. The van der Waals surface area contributed by atoms with Crippen molar-refractivity contribution in [3.63, 3.8) is 0 Å². The number of nitrogens with one attached hydrogen (secondary N) is 1. The first-order valence-electron chi connectivity index (χ1n) is 6.47. The summed E-state index contributed by atoms with van der Waals surface area (Å²) in [7, 11) is 0. The molecule has 1 unspecified atom stereocenters. The van der Waals surface area contributed by atoms with E-state index < -0.39 is 0 Å². The number of hydrogen-bond donors (Lipinski definition) is 1. The predicted octanol–water partition coefficient (Wildman–Crippen LogP) is 3.95. The molecule has 0 saturated heterocycles. The quantitative estimate of drug-likeness (QED) is 0.924. The highest BCUT2D eigenvalue weighted by Gasteiger charge is 2.16. The highest BCUT2D eigenvalue weighted by molar-refractivity contribution is 9.10. The van der Waals surface area contributed by atoms with E-state index in [1.54, 1.807) is 12.3 Å². The number of carbonyl (C=O) groups is 1. The minimum Gasteiger partial charge on any atom is -0.344 e. The van der Waals surface area contributed by atoms with Crippen LogP contribution in [0.1, 0.15) is 40.1 Å². The van der Waals surface area contributed by atoms with Gasteiger partial charge in [0, 0.05) is 10.7 Å². The van der Waals surface area contributed by atoms with Gasteiger partial charge in [-0.25, -0.2) is 4.98 Å². The second-order valence-corrected chi connectivity index (χ2v) is 5.74. The van der Waals surface area contributed by atoms with Gasteiger partial charge in [-0.1, -0.05) is 23.8 Å². The number of nitrogens with zero attached hydrogens (tertiary/aromatic N) is 1. The second kappa shape index (κ2) is 6.18. The van der Waals surface area contributed by atoms with Gasteiger partial charge in [-0.15, -0.1) is 0 Å². The van der Waals surface area contributed by atoms with E-state index in [0.717, 1.165) is 5.56 Å². The summed E-state index contributed by atoms with van der Waals surface area (Å²) in [6, 6.07) is 9.77. The fourth-order valence-corrected chi connectivity index (χ4v) is 2.64. The lowest BCUT2D eigenvalue weighted by molar-refractivity contribution is 0.0934. The van der Waals surface area contributed by atoms with Gasteiger partial charge in [0.25, 0.3) is 5.91 Å². The number of aryl methyl sites for hydroxylation is 2. The lowest BCUT2D eigenvalue weighted by atomic mass is 10.0. The van der Waals surface area contributed by atoms with E-state index in [1.807, 2.05) is 13.0 Å². The molecule has 2 rings (SSSR count). The summed E-state index contributed by atoms with van der Waals surface area (Å²) < 4.78 is 0.699. The monoisotopic (exact) mass is 332 g/mol. The van der Waals surface area contributed by atoms with Crippen molar-refractivity contribution < 1.29 is 4.79 Å². The van der Waals surface area contributed by atoms with Gasteiger partial charge in [-0.05, 0) is 60.0 Å². The first-order chi connectivity index (χ1) is 9.49. The molecule has 1 amide bonds. The van der Waals surface area contributed by atoms with Crippen molar-refractivity contribution in [3.8, 4) is 0 Å². The van der Waals surface area contributed by atoms with Crippen LogP contribution in [0.25, 0.3) is 0 Å². The van der Waals surface area contributed by atoms with E-state index in [2.05, 4.69) is 58.3 Å². The van der Waals surface area contributed by atoms with E-state index in [9.17, 15) is 4.79 Å². The normalized spacial score (nSPS) is 12.0. The number of benzene rings is 1. The van der Waals surface area contributed by atoms with Crippen LogP contribution in [-0.2, 0) is 0 Å². The zero-order valence-electron chi connectivity index (χ0n) is 11.8. The van der Waals surface area contributed by atoms with Crippen molar-refractivity contribution >= 4 is 21.8 Å². The Balaban J connectivity index is 2.17. The van der Waals surface area contributed by atoms with Gasteiger partial charge in [0.1, 0.15) is 5.69 Å². The molecule has 0 spiro atoms. The number of pyridine rings is 1. The molecule has 0 aliphatic carbocycles. The van der Waals surface area contributed by atoms with Gasteiger partial charge >= 0.3 is 0 Å². The Morgan fingerprint density at radius 2 is 2.05 bits per heavy atom. The third kappa shape index (κ3) is 3.25. The van der Waals surface area contributed by atoms with Crippen molar-refractivity contribution in [2.75, 3.05) is 0 Å². The predicted molar refractivity (Wildman–Crippen MR) is 83.7 cm³/mol. The minimum absolute atomic E-state index is 0.0583. The Morgan fingerprint density at radius 3 is 2.70 bits per heavy atom. The van der Waals surface area contributed by atoms with Gasteiger partial charge in [0.2, 0.25) is 0 Å². The number of hydrogen-bond acceptors (Lipinski definition) is 2. The molecule has 0 aliphatic rings. The maximum atomic E-state index is 12.2. The summed E-state index contributed by atoms with van der Waals surface area (Å²) in [6.45, 7) is 6.10. The number of carbonyl (C=O) groups excluding carboxylic acids is 1. The molecule has 1 heterocycles. The Bertz CT molecular complexity index is 640. The van der Waals surface area contributed by atoms with Gasteiger partial charge in [0.05, 0.1) is 6.04 Å². The van der Waals surface area contributed by atoms with Crippen LogP contribution in [0.5, 0.6) is 0 Å². The summed E-state index contributed by atoms with van der Waals surface area (Å²) in [6.07, 6.45) is 1.61. The van der Waals surface area contributed by atoms with E-state index in [-0.39, 0.29) is 11.9 Å². The van der Waals surface area contributed by atoms with E-state index >= 15 is 0 Å². The largest absolute Gasteiger partial charge is 0.344 e. The van der Waals surface area contributed by atoms with Crippen LogP contribution in [0, 0.1) is 13.8 Å². The van der Waals surface area contributed by atoms with E-state index in [4.69, 9.17) is 0 Å². The number of amides is 1. The highest BCUT2D eigenvalue weighted by Crippen LogP contribution is 2.20. The third-order valence-corrected chi connectivity index (χ3v) is 3.85. The van der Waals surface area contributed by atoms with Crippen LogP contribution in [0.3, 0.4) is 0 Å². The molecule has 0 bridgehead atoms. The lowest BCUT2D eigenvalue weighted by Crippen LogP contribution is -2.28. The molecule has 20 heavy (non-hydrogen) atoms. The van der Waals surface area contributed by atoms with Crippen LogP contribution < -0.4 is 5.32 Å². The summed E-state index contributed by atoms with van der Waals surface area (Å²) in [5.41, 5.74) is 3.93. The second-order valence-electron chi connectivity index (χ2n) is 4.89. The van der Waals surface area contributed by atoms with Crippen LogP contribution in [0.15, 0.2) is 41.0 Å². The average molecular weight is 333 g/mol. The molecule has 0 saturated carbocycles. The molecule has 104 valence electrons. The molecule has 1 N–H and O–H groups in total. The average Bonchev–Trinajstić information content (AvgIpc) is 2.38.